The standard InChI is InChI=1S/C12H9BrClF2NO4/c13-7-1-4(14)2-8(9(7)21-12(15)16)17-10(18)5-3-6(5)11(19)20/h1-2,5-6,12H,3H2,(H,17,18)(H,19,20)/t5-,6+/m1/s1. The lowest BCUT2D eigenvalue weighted by molar-refractivity contribution is -0.139. The van der Waals surface area contributed by atoms with Crippen molar-refractivity contribution in [2.24, 2.45) is 11.8 Å². The predicted octanol–water partition coefficient (Wildman–Crippen LogP) is 3.36. The summed E-state index contributed by atoms with van der Waals surface area (Å²) >= 11 is 8.81. The lowest BCUT2D eigenvalue weighted by atomic mass is 10.2. The van der Waals surface area contributed by atoms with E-state index in [1.165, 1.54) is 12.1 Å². The molecule has 9 heteroatoms. The van der Waals surface area contributed by atoms with E-state index in [-0.39, 0.29) is 27.4 Å². The van der Waals surface area contributed by atoms with E-state index in [2.05, 4.69) is 26.0 Å². The molecule has 1 aromatic rings. The zero-order chi connectivity index (χ0) is 15.7. The van der Waals surface area contributed by atoms with E-state index in [0.29, 0.717) is 0 Å². The molecule has 114 valence electrons. The summed E-state index contributed by atoms with van der Waals surface area (Å²) in [5.41, 5.74) is -0.0456. The summed E-state index contributed by atoms with van der Waals surface area (Å²) in [6.45, 7) is -3.08. The van der Waals surface area contributed by atoms with Crippen molar-refractivity contribution in [2.45, 2.75) is 13.0 Å². The number of carboxylic acids is 1. The Labute approximate surface area is 131 Å². The normalized spacial score (nSPS) is 20.2. The Bertz CT molecular complexity index is 599. The summed E-state index contributed by atoms with van der Waals surface area (Å²) in [5.74, 6) is -3.33. The molecule has 21 heavy (non-hydrogen) atoms. The van der Waals surface area contributed by atoms with Crippen LogP contribution in [-0.4, -0.2) is 23.6 Å². The molecular weight excluding hydrogens is 375 g/mol. The van der Waals surface area contributed by atoms with Gasteiger partial charge in [0.15, 0.2) is 5.75 Å². The SMILES string of the molecule is O=C(O)[C@H]1C[C@H]1C(=O)Nc1cc(Cl)cc(Br)c1OC(F)F. The van der Waals surface area contributed by atoms with Crippen LogP contribution in [-0.2, 0) is 9.59 Å². The highest BCUT2D eigenvalue weighted by Gasteiger charge is 2.48. The first-order valence-electron chi connectivity index (χ1n) is 5.77. The molecule has 2 N–H and O–H groups in total. The minimum absolute atomic E-state index is 0.0456. The molecule has 0 aromatic heterocycles. The summed E-state index contributed by atoms with van der Waals surface area (Å²) in [6.07, 6.45) is 0.216. The highest BCUT2D eigenvalue weighted by molar-refractivity contribution is 9.10. The van der Waals surface area contributed by atoms with Crippen LogP contribution >= 0.6 is 27.5 Å². The Morgan fingerprint density at radius 1 is 1.43 bits per heavy atom. The summed E-state index contributed by atoms with van der Waals surface area (Å²) in [7, 11) is 0. The molecule has 0 radical (unpaired) electrons. The van der Waals surface area contributed by atoms with E-state index in [9.17, 15) is 18.4 Å². The van der Waals surface area contributed by atoms with Gasteiger partial charge in [0.05, 0.1) is 22.0 Å². The zero-order valence-electron chi connectivity index (χ0n) is 10.3. The van der Waals surface area contributed by atoms with E-state index in [4.69, 9.17) is 16.7 Å². The van der Waals surface area contributed by atoms with Gasteiger partial charge in [0.2, 0.25) is 5.91 Å². The van der Waals surface area contributed by atoms with Crippen molar-refractivity contribution in [1.82, 2.24) is 0 Å². The minimum atomic E-state index is -3.08. The molecule has 1 aromatic carbocycles. The molecule has 5 nitrogen and oxygen atoms in total. The number of hydrogen-bond donors (Lipinski definition) is 2. The van der Waals surface area contributed by atoms with Crippen LogP contribution in [0.15, 0.2) is 16.6 Å². The van der Waals surface area contributed by atoms with Crippen LogP contribution in [0, 0.1) is 11.8 Å². The number of benzene rings is 1. The molecule has 1 saturated carbocycles. The van der Waals surface area contributed by atoms with Gasteiger partial charge in [-0.1, -0.05) is 11.6 Å². The number of carbonyl (C=O) groups is 2. The molecule has 1 aliphatic carbocycles. The average molecular weight is 385 g/mol. The molecule has 1 fully saturated rings. The molecule has 0 spiro atoms. The van der Waals surface area contributed by atoms with Crippen molar-refractivity contribution in [1.29, 1.82) is 0 Å². The Morgan fingerprint density at radius 3 is 2.62 bits per heavy atom. The first kappa shape index (κ1) is 16.0. The van der Waals surface area contributed by atoms with Crippen molar-refractivity contribution < 1.29 is 28.2 Å². The van der Waals surface area contributed by atoms with Gasteiger partial charge in [-0.05, 0) is 34.5 Å². The molecule has 2 atom stereocenters. The van der Waals surface area contributed by atoms with E-state index >= 15 is 0 Å². The van der Waals surface area contributed by atoms with Crippen molar-refractivity contribution in [3.05, 3.63) is 21.6 Å². The number of anilines is 1. The summed E-state index contributed by atoms with van der Waals surface area (Å²) < 4.78 is 29.3. The molecule has 0 unspecified atom stereocenters. The molecule has 2 rings (SSSR count). The second-order valence-electron chi connectivity index (χ2n) is 4.42. The second kappa shape index (κ2) is 6.15. The quantitative estimate of drug-likeness (QED) is 0.816. The molecule has 1 amide bonds. The first-order valence-corrected chi connectivity index (χ1v) is 6.94. The van der Waals surface area contributed by atoms with Gasteiger partial charge in [0.25, 0.3) is 0 Å². The highest BCUT2D eigenvalue weighted by Crippen LogP contribution is 2.42. The summed E-state index contributed by atoms with van der Waals surface area (Å²) in [4.78, 5) is 22.6. The lowest BCUT2D eigenvalue weighted by Crippen LogP contribution is -2.18. The van der Waals surface area contributed by atoms with Gasteiger partial charge >= 0.3 is 12.6 Å². The maximum Gasteiger partial charge on any atom is 0.387 e. The van der Waals surface area contributed by atoms with Gasteiger partial charge in [0, 0.05) is 5.02 Å². The number of amides is 1. The van der Waals surface area contributed by atoms with Crippen LogP contribution in [0.5, 0.6) is 5.75 Å². The highest BCUT2D eigenvalue weighted by atomic mass is 79.9. The number of aliphatic carboxylic acids is 1. The monoisotopic (exact) mass is 383 g/mol. The molecule has 0 aliphatic heterocycles. The Kier molecular flexibility index (Phi) is 4.67. The largest absolute Gasteiger partial charge is 0.481 e. The number of alkyl halides is 2. The van der Waals surface area contributed by atoms with Gasteiger partial charge in [-0.2, -0.15) is 8.78 Å². The number of carboxylic acid groups (broad SMARTS) is 1. The van der Waals surface area contributed by atoms with Gasteiger partial charge in [-0.15, -0.1) is 0 Å². The molecule has 0 saturated heterocycles. The van der Waals surface area contributed by atoms with Gasteiger partial charge < -0.3 is 15.2 Å². The van der Waals surface area contributed by atoms with Gasteiger partial charge in [-0.25, -0.2) is 0 Å². The van der Waals surface area contributed by atoms with Gasteiger partial charge in [0.1, 0.15) is 0 Å². The summed E-state index contributed by atoms with van der Waals surface area (Å²) in [6, 6.07) is 2.59. The zero-order valence-corrected chi connectivity index (χ0v) is 12.6. The smallest absolute Gasteiger partial charge is 0.387 e. The van der Waals surface area contributed by atoms with Crippen LogP contribution < -0.4 is 10.1 Å². The first-order chi connectivity index (χ1) is 9.79. The fourth-order valence-corrected chi connectivity index (χ4v) is 2.75. The second-order valence-corrected chi connectivity index (χ2v) is 5.71. The third-order valence-corrected chi connectivity index (χ3v) is 3.72. The third kappa shape index (κ3) is 3.82. The van der Waals surface area contributed by atoms with Gasteiger partial charge in [-0.3, -0.25) is 9.59 Å². The molecule has 1 aliphatic rings. The van der Waals surface area contributed by atoms with E-state index in [1.807, 2.05) is 0 Å². The van der Waals surface area contributed by atoms with Crippen LogP contribution in [0.25, 0.3) is 0 Å². The number of rotatable bonds is 5. The minimum Gasteiger partial charge on any atom is -0.481 e. The Balaban J connectivity index is 2.19. The molecular formula is C12H9BrClF2NO4. The third-order valence-electron chi connectivity index (χ3n) is 2.92. The number of ether oxygens (including phenoxy) is 1. The van der Waals surface area contributed by atoms with E-state index in [0.717, 1.165) is 0 Å². The number of hydrogen-bond acceptors (Lipinski definition) is 3. The van der Waals surface area contributed by atoms with E-state index < -0.39 is 30.3 Å². The van der Waals surface area contributed by atoms with Crippen molar-refractivity contribution in [3.63, 3.8) is 0 Å². The topological polar surface area (TPSA) is 75.6 Å². The fourth-order valence-electron chi connectivity index (χ4n) is 1.85. The maximum atomic E-state index is 12.4. The van der Waals surface area contributed by atoms with Crippen LogP contribution in [0.1, 0.15) is 6.42 Å². The van der Waals surface area contributed by atoms with Crippen LogP contribution in [0.4, 0.5) is 14.5 Å². The molecule has 0 bridgehead atoms. The number of halogens is 4. The molecule has 0 heterocycles. The summed E-state index contributed by atoms with van der Waals surface area (Å²) in [5, 5.41) is 11.3. The number of carbonyl (C=O) groups excluding carboxylic acids is 1. The predicted molar refractivity (Wildman–Crippen MR) is 73.6 cm³/mol. The van der Waals surface area contributed by atoms with Crippen molar-refractivity contribution in [3.8, 4) is 5.75 Å². The average Bonchev–Trinajstić information content (AvgIpc) is 3.13. The lowest BCUT2D eigenvalue weighted by Gasteiger charge is -2.14. The Morgan fingerprint density at radius 2 is 2.10 bits per heavy atom. The van der Waals surface area contributed by atoms with Crippen LogP contribution in [0.2, 0.25) is 5.02 Å². The van der Waals surface area contributed by atoms with Crippen LogP contribution in [0.3, 0.4) is 0 Å². The number of nitrogens with one attached hydrogen (secondary N) is 1. The Hall–Kier alpha value is -1.41. The van der Waals surface area contributed by atoms with Crippen molar-refractivity contribution in [2.75, 3.05) is 5.32 Å². The van der Waals surface area contributed by atoms with E-state index in [1.54, 1.807) is 0 Å². The fraction of sp³-hybridized carbons (Fsp3) is 0.333. The maximum absolute atomic E-state index is 12.4. The van der Waals surface area contributed by atoms with Crippen molar-refractivity contribution >= 4 is 45.1 Å².